The molecule has 1 nitrogen and oxygen atoms in total. The van der Waals surface area contributed by atoms with Gasteiger partial charge in [0.05, 0.1) is 0 Å². The predicted octanol–water partition coefficient (Wildman–Crippen LogP) is 5.48. The summed E-state index contributed by atoms with van der Waals surface area (Å²) in [6.45, 7) is 7.71. The zero-order valence-electron chi connectivity index (χ0n) is 11.6. The van der Waals surface area contributed by atoms with E-state index in [1.54, 1.807) is 0 Å². The van der Waals surface area contributed by atoms with Crippen molar-refractivity contribution in [2.24, 2.45) is 5.92 Å². The van der Waals surface area contributed by atoms with E-state index in [0.717, 1.165) is 11.0 Å². The number of hydrogen-bond acceptors (Lipinski definition) is 2. The highest BCUT2D eigenvalue weighted by atomic mass is 79.9. The van der Waals surface area contributed by atoms with Gasteiger partial charge in [-0.25, -0.2) is 0 Å². The van der Waals surface area contributed by atoms with E-state index in [4.69, 9.17) is 0 Å². The summed E-state index contributed by atoms with van der Waals surface area (Å²) in [6, 6.07) is 13.3. The highest BCUT2D eigenvalue weighted by molar-refractivity contribution is 9.10. The van der Waals surface area contributed by atoms with Crippen molar-refractivity contribution in [1.29, 1.82) is 0 Å². The molecule has 1 atom stereocenters. The lowest BCUT2D eigenvalue weighted by Gasteiger charge is -2.20. The number of rotatable bonds is 5. The molecule has 3 heteroatoms. The van der Waals surface area contributed by atoms with Crippen LogP contribution in [-0.2, 0) is 0 Å². The van der Waals surface area contributed by atoms with Gasteiger partial charge in [0.1, 0.15) is 0 Å². The van der Waals surface area contributed by atoms with E-state index in [-0.39, 0.29) is 0 Å². The summed E-state index contributed by atoms with van der Waals surface area (Å²) in [7, 11) is 0. The normalized spacial score (nSPS) is 12.9. The third-order valence-corrected chi connectivity index (χ3v) is 5.06. The van der Waals surface area contributed by atoms with Crippen molar-refractivity contribution in [3.8, 4) is 10.4 Å². The van der Waals surface area contributed by atoms with E-state index < -0.39 is 0 Å². The molecule has 2 rings (SSSR count). The second-order valence-electron chi connectivity index (χ2n) is 4.96. The predicted molar refractivity (Wildman–Crippen MR) is 88.7 cm³/mol. The fourth-order valence-electron chi connectivity index (χ4n) is 2.21. The SMILES string of the molecule is CCNC(c1ccc(-c2ccccc2Br)s1)C(C)C. The molecule has 0 aliphatic rings. The maximum Gasteiger partial charge on any atom is 0.0438 e. The van der Waals surface area contributed by atoms with Crippen molar-refractivity contribution in [2.45, 2.75) is 26.8 Å². The molecule has 0 radical (unpaired) electrons. The van der Waals surface area contributed by atoms with Gasteiger partial charge in [-0.05, 0) is 30.7 Å². The zero-order chi connectivity index (χ0) is 13.8. The summed E-state index contributed by atoms with van der Waals surface area (Å²) in [4.78, 5) is 2.74. The van der Waals surface area contributed by atoms with Crippen LogP contribution in [0.3, 0.4) is 0 Å². The van der Waals surface area contributed by atoms with Gasteiger partial charge in [0.25, 0.3) is 0 Å². The smallest absolute Gasteiger partial charge is 0.0438 e. The number of halogens is 1. The maximum atomic E-state index is 3.63. The molecule has 1 heterocycles. The Morgan fingerprint density at radius 1 is 1.16 bits per heavy atom. The number of hydrogen-bond donors (Lipinski definition) is 1. The summed E-state index contributed by atoms with van der Waals surface area (Å²) in [5.74, 6) is 0.602. The van der Waals surface area contributed by atoms with Crippen molar-refractivity contribution in [2.75, 3.05) is 6.54 Å². The van der Waals surface area contributed by atoms with Crippen LogP contribution in [0.1, 0.15) is 31.7 Å². The fraction of sp³-hybridized carbons (Fsp3) is 0.375. The van der Waals surface area contributed by atoms with Crippen LogP contribution in [0.5, 0.6) is 0 Å². The van der Waals surface area contributed by atoms with Crippen LogP contribution >= 0.6 is 27.3 Å². The Labute approximate surface area is 128 Å². The molecule has 1 unspecified atom stereocenters. The van der Waals surface area contributed by atoms with E-state index in [1.165, 1.54) is 15.3 Å². The van der Waals surface area contributed by atoms with Crippen LogP contribution in [0.4, 0.5) is 0 Å². The topological polar surface area (TPSA) is 12.0 Å². The molecular formula is C16H20BrNS. The highest BCUT2D eigenvalue weighted by Crippen LogP contribution is 2.37. The fourth-order valence-corrected chi connectivity index (χ4v) is 4.14. The van der Waals surface area contributed by atoms with Crippen molar-refractivity contribution < 1.29 is 0 Å². The Morgan fingerprint density at radius 2 is 1.89 bits per heavy atom. The van der Waals surface area contributed by atoms with Crippen molar-refractivity contribution in [1.82, 2.24) is 5.32 Å². The van der Waals surface area contributed by atoms with Gasteiger partial charge in [-0.2, -0.15) is 0 Å². The van der Waals surface area contributed by atoms with Gasteiger partial charge in [0.15, 0.2) is 0 Å². The molecule has 0 saturated heterocycles. The molecule has 0 aliphatic heterocycles. The van der Waals surface area contributed by atoms with Crippen molar-refractivity contribution >= 4 is 27.3 Å². The van der Waals surface area contributed by atoms with Crippen molar-refractivity contribution in [3.63, 3.8) is 0 Å². The highest BCUT2D eigenvalue weighted by Gasteiger charge is 2.17. The molecule has 2 aromatic rings. The van der Waals surface area contributed by atoms with Crippen LogP contribution in [0, 0.1) is 5.92 Å². The maximum absolute atomic E-state index is 3.63. The quantitative estimate of drug-likeness (QED) is 0.761. The third-order valence-electron chi connectivity index (χ3n) is 3.16. The monoisotopic (exact) mass is 337 g/mol. The molecule has 102 valence electrons. The molecule has 19 heavy (non-hydrogen) atoms. The molecule has 0 aliphatic carbocycles. The third kappa shape index (κ3) is 3.47. The lowest BCUT2D eigenvalue weighted by molar-refractivity contribution is 0.428. The first-order valence-electron chi connectivity index (χ1n) is 6.71. The Bertz CT molecular complexity index is 533. The van der Waals surface area contributed by atoms with Crippen LogP contribution in [0.15, 0.2) is 40.9 Å². The Hall–Kier alpha value is -0.640. The average Bonchev–Trinajstić information content (AvgIpc) is 2.85. The molecule has 1 N–H and O–H groups in total. The number of thiophene rings is 1. The van der Waals surface area contributed by atoms with Gasteiger partial charge in [0, 0.05) is 25.8 Å². The standard InChI is InChI=1S/C16H20BrNS/c1-4-18-16(11(2)3)15-10-9-14(19-15)12-7-5-6-8-13(12)17/h5-11,16,18H,4H2,1-3H3. The van der Waals surface area contributed by atoms with Crippen LogP contribution < -0.4 is 5.32 Å². The van der Waals surface area contributed by atoms with E-state index in [0.29, 0.717) is 12.0 Å². The molecule has 1 aromatic heterocycles. The van der Waals surface area contributed by atoms with Crippen molar-refractivity contribution in [3.05, 3.63) is 45.7 Å². The molecule has 0 fully saturated rings. The second kappa shape index (κ2) is 6.69. The largest absolute Gasteiger partial charge is 0.309 e. The van der Waals surface area contributed by atoms with Gasteiger partial charge in [-0.15, -0.1) is 11.3 Å². The summed E-state index contributed by atoms with van der Waals surface area (Å²) in [6.07, 6.45) is 0. The molecular weight excluding hydrogens is 318 g/mol. The minimum absolute atomic E-state index is 0.450. The van der Waals surface area contributed by atoms with Gasteiger partial charge < -0.3 is 5.32 Å². The van der Waals surface area contributed by atoms with Gasteiger partial charge in [-0.1, -0.05) is 54.9 Å². The summed E-state index contributed by atoms with van der Waals surface area (Å²) in [5, 5.41) is 3.58. The van der Waals surface area contributed by atoms with Crippen LogP contribution in [-0.4, -0.2) is 6.54 Å². The summed E-state index contributed by atoms with van der Waals surface area (Å²) in [5.41, 5.74) is 1.28. The van der Waals surface area contributed by atoms with Gasteiger partial charge >= 0.3 is 0 Å². The lowest BCUT2D eigenvalue weighted by Crippen LogP contribution is -2.24. The zero-order valence-corrected chi connectivity index (χ0v) is 14.0. The van der Waals surface area contributed by atoms with E-state index >= 15 is 0 Å². The average molecular weight is 338 g/mol. The number of benzene rings is 1. The molecule has 0 spiro atoms. The lowest BCUT2D eigenvalue weighted by atomic mass is 10.0. The summed E-state index contributed by atoms with van der Waals surface area (Å²) < 4.78 is 1.16. The van der Waals surface area contributed by atoms with E-state index in [2.05, 4.69) is 78.4 Å². The first kappa shape index (κ1) is 14.8. The molecule has 0 bridgehead atoms. The summed E-state index contributed by atoms with van der Waals surface area (Å²) >= 11 is 5.51. The molecule has 0 saturated carbocycles. The van der Waals surface area contributed by atoms with Crippen LogP contribution in [0.25, 0.3) is 10.4 Å². The first-order chi connectivity index (χ1) is 9.13. The Morgan fingerprint density at radius 3 is 2.53 bits per heavy atom. The molecule has 1 aromatic carbocycles. The minimum Gasteiger partial charge on any atom is -0.309 e. The molecule has 0 amide bonds. The number of nitrogens with one attached hydrogen (secondary N) is 1. The van der Waals surface area contributed by atoms with E-state index in [1.807, 2.05) is 11.3 Å². The van der Waals surface area contributed by atoms with E-state index in [9.17, 15) is 0 Å². The van der Waals surface area contributed by atoms with Crippen LogP contribution in [0.2, 0.25) is 0 Å². The van der Waals surface area contributed by atoms with Gasteiger partial charge in [-0.3, -0.25) is 0 Å². The Balaban J connectivity index is 2.30. The second-order valence-corrected chi connectivity index (χ2v) is 6.93. The Kier molecular flexibility index (Phi) is 5.20. The first-order valence-corrected chi connectivity index (χ1v) is 8.32. The minimum atomic E-state index is 0.450. The van der Waals surface area contributed by atoms with Gasteiger partial charge in [0.2, 0.25) is 0 Å².